The first-order valence-electron chi connectivity index (χ1n) is 3.29. The fourth-order valence-electron chi connectivity index (χ4n) is 0.848. The third-order valence-corrected chi connectivity index (χ3v) is 1.34. The van der Waals surface area contributed by atoms with Crippen molar-refractivity contribution in [3.05, 3.63) is 15.8 Å². The van der Waals surface area contributed by atoms with E-state index >= 15 is 0 Å². The Labute approximate surface area is 75.9 Å². The molecule has 0 saturated heterocycles. The van der Waals surface area contributed by atoms with E-state index in [2.05, 4.69) is 9.97 Å². The number of nitrogens with two attached hydrogens (primary N) is 2. The van der Waals surface area contributed by atoms with Crippen LogP contribution >= 0.6 is 0 Å². The van der Waals surface area contributed by atoms with Gasteiger partial charge in [-0.25, -0.2) is 13.8 Å². The van der Waals surface area contributed by atoms with Gasteiger partial charge < -0.3 is 11.5 Å². The molecule has 0 saturated carbocycles. The third-order valence-electron chi connectivity index (χ3n) is 1.34. The van der Waals surface area contributed by atoms with Crippen LogP contribution in [0.4, 0.5) is 26.2 Å². The highest BCUT2D eigenvalue weighted by Crippen LogP contribution is 2.31. The second-order valence-corrected chi connectivity index (χ2v) is 2.26. The van der Waals surface area contributed by atoms with Crippen molar-refractivity contribution in [1.82, 2.24) is 9.97 Å². The van der Waals surface area contributed by atoms with Gasteiger partial charge >= 0.3 is 5.69 Å². The van der Waals surface area contributed by atoms with E-state index in [0.717, 1.165) is 0 Å². The van der Waals surface area contributed by atoms with Crippen LogP contribution in [0.15, 0.2) is 0 Å². The number of anilines is 2. The summed E-state index contributed by atoms with van der Waals surface area (Å²) in [4.78, 5) is 15.5. The number of alkyl halides is 2. The molecule has 0 unspecified atom stereocenters. The van der Waals surface area contributed by atoms with Crippen molar-refractivity contribution in [2.45, 2.75) is 6.43 Å². The molecule has 1 aromatic rings. The first-order chi connectivity index (χ1) is 6.43. The second kappa shape index (κ2) is 3.36. The van der Waals surface area contributed by atoms with E-state index in [-0.39, 0.29) is 0 Å². The first-order valence-corrected chi connectivity index (χ1v) is 3.29. The van der Waals surface area contributed by atoms with Crippen LogP contribution < -0.4 is 11.5 Å². The first kappa shape index (κ1) is 10.0. The number of nitrogen functional groups attached to an aromatic ring is 2. The molecule has 0 aliphatic heterocycles. The minimum absolute atomic E-state index is 0.525. The molecular formula is C5H5F2N5O2. The fourth-order valence-corrected chi connectivity index (χ4v) is 0.848. The standard InChI is InChI=1S/C5H5F2N5O2/c6-3(7)1-2(12(13)14)4(8)11-5(9)10-1/h3H,(H4,8,9,10,11). The van der Waals surface area contributed by atoms with Crippen LogP contribution in [0.5, 0.6) is 0 Å². The monoisotopic (exact) mass is 205 g/mol. The Morgan fingerprint density at radius 1 is 1.36 bits per heavy atom. The van der Waals surface area contributed by atoms with E-state index < -0.39 is 34.5 Å². The molecular weight excluding hydrogens is 200 g/mol. The highest BCUT2D eigenvalue weighted by Gasteiger charge is 2.28. The van der Waals surface area contributed by atoms with E-state index in [4.69, 9.17) is 11.5 Å². The Morgan fingerprint density at radius 3 is 2.36 bits per heavy atom. The zero-order valence-corrected chi connectivity index (χ0v) is 6.65. The number of hydrogen-bond donors (Lipinski definition) is 2. The van der Waals surface area contributed by atoms with Crippen LogP contribution in [-0.2, 0) is 0 Å². The van der Waals surface area contributed by atoms with Crippen molar-refractivity contribution in [2.75, 3.05) is 11.5 Å². The molecule has 0 atom stereocenters. The summed E-state index contributed by atoms with van der Waals surface area (Å²) in [5.74, 6) is -1.19. The SMILES string of the molecule is Nc1nc(N)c([N+](=O)[O-])c(C(F)F)n1. The van der Waals surface area contributed by atoms with E-state index in [0.29, 0.717) is 0 Å². The van der Waals surface area contributed by atoms with Crippen molar-refractivity contribution in [3.63, 3.8) is 0 Å². The number of aromatic nitrogens is 2. The Bertz CT molecular complexity index is 383. The molecule has 4 N–H and O–H groups in total. The van der Waals surface area contributed by atoms with Gasteiger partial charge in [-0.05, 0) is 0 Å². The number of hydrogen-bond acceptors (Lipinski definition) is 6. The minimum atomic E-state index is -3.12. The van der Waals surface area contributed by atoms with Crippen LogP contribution in [0, 0.1) is 10.1 Å². The summed E-state index contributed by atoms with van der Waals surface area (Å²) in [6.07, 6.45) is -3.12. The topological polar surface area (TPSA) is 121 Å². The molecule has 1 rings (SSSR count). The van der Waals surface area contributed by atoms with Crippen LogP contribution in [0.2, 0.25) is 0 Å². The molecule has 14 heavy (non-hydrogen) atoms. The van der Waals surface area contributed by atoms with Gasteiger partial charge in [0.2, 0.25) is 11.8 Å². The van der Waals surface area contributed by atoms with E-state index in [1.165, 1.54) is 0 Å². The van der Waals surface area contributed by atoms with Crippen molar-refractivity contribution >= 4 is 17.5 Å². The smallest absolute Gasteiger partial charge is 0.338 e. The summed E-state index contributed by atoms with van der Waals surface area (Å²) in [5.41, 5.74) is 7.99. The van der Waals surface area contributed by atoms with Crippen LogP contribution in [0.3, 0.4) is 0 Å². The summed E-state index contributed by atoms with van der Waals surface area (Å²) in [6, 6.07) is 0. The molecule has 0 amide bonds. The average Bonchev–Trinajstić information content (AvgIpc) is 2.01. The maximum absolute atomic E-state index is 12.2. The van der Waals surface area contributed by atoms with E-state index in [9.17, 15) is 18.9 Å². The van der Waals surface area contributed by atoms with Gasteiger partial charge in [-0.15, -0.1) is 0 Å². The maximum atomic E-state index is 12.2. The zero-order chi connectivity index (χ0) is 10.9. The number of rotatable bonds is 2. The lowest BCUT2D eigenvalue weighted by atomic mass is 10.3. The predicted octanol–water partition coefficient (Wildman–Crippen LogP) is 0.487. The van der Waals surface area contributed by atoms with Gasteiger partial charge in [-0.3, -0.25) is 10.1 Å². The van der Waals surface area contributed by atoms with Gasteiger partial charge in [-0.2, -0.15) is 4.98 Å². The average molecular weight is 205 g/mol. The van der Waals surface area contributed by atoms with Crippen LogP contribution in [0.1, 0.15) is 12.1 Å². The molecule has 0 bridgehead atoms. The molecule has 0 spiro atoms. The van der Waals surface area contributed by atoms with Gasteiger partial charge in [0.15, 0.2) is 5.69 Å². The summed E-state index contributed by atoms with van der Waals surface area (Å²) in [6.45, 7) is 0. The summed E-state index contributed by atoms with van der Waals surface area (Å²) in [5, 5.41) is 10.3. The van der Waals surface area contributed by atoms with E-state index in [1.807, 2.05) is 0 Å². The Morgan fingerprint density at radius 2 is 1.93 bits per heavy atom. The lowest BCUT2D eigenvalue weighted by molar-refractivity contribution is -0.385. The van der Waals surface area contributed by atoms with Gasteiger partial charge in [0, 0.05) is 0 Å². The molecule has 7 nitrogen and oxygen atoms in total. The number of halogens is 2. The largest absolute Gasteiger partial charge is 0.378 e. The lowest BCUT2D eigenvalue weighted by Crippen LogP contribution is -2.08. The van der Waals surface area contributed by atoms with Gasteiger partial charge in [-0.1, -0.05) is 0 Å². The molecule has 1 aromatic heterocycles. The summed E-state index contributed by atoms with van der Waals surface area (Å²) >= 11 is 0. The van der Waals surface area contributed by atoms with Crippen molar-refractivity contribution in [2.24, 2.45) is 0 Å². The summed E-state index contributed by atoms with van der Waals surface area (Å²) < 4.78 is 24.5. The molecule has 0 aliphatic carbocycles. The molecule has 0 aromatic carbocycles. The van der Waals surface area contributed by atoms with Crippen LogP contribution in [-0.4, -0.2) is 14.9 Å². The summed E-state index contributed by atoms with van der Waals surface area (Å²) in [7, 11) is 0. The number of nitro groups is 1. The predicted molar refractivity (Wildman–Crippen MR) is 42.5 cm³/mol. The molecule has 76 valence electrons. The Kier molecular flexibility index (Phi) is 2.40. The normalized spacial score (nSPS) is 10.5. The maximum Gasteiger partial charge on any atom is 0.338 e. The fraction of sp³-hybridized carbons (Fsp3) is 0.200. The van der Waals surface area contributed by atoms with Crippen molar-refractivity contribution in [3.8, 4) is 0 Å². The minimum Gasteiger partial charge on any atom is -0.378 e. The van der Waals surface area contributed by atoms with Crippen LogP contribution in [0.25, 0.3) is 0 Å². The second-order valence-electron chi connectivity index (χ2n) is 2.26. The molecule has 9 heteroatoms. The van der Waals surface area contributed by atoms with Gasteiger partial charge in [0.1, 0.15) is 0 Å². The van der Waals surface area contributed by atoms with Gasteiger partial charge in [0.05, 0.1) is 4.92 Å². The zero-order valence-electron chi connectivity index (χ0n) is 6.65. The van der Waals surface area contributed by atoms with Crippen molar-refractivity contribution < 1.29 is 13.7 Å². The molecule has 1 heterocycles. The van der Waals surface area contributed by atoms with Gasteiger partial charge in [0.25, 0.3) is 6.43 Å². The highest BCUT2D eigenvalue weighted by atomic mass is 19.3. The third kappa shape index (κ3) is 1.65. The molecule has 0 fully saturated rings. The van der Waals surface area contributed by atoms with Crippen molar-refractivity contribution in [1.29, 1.82) is 0 Å². The Hall–Kier alpha value is -2.06. The van der Waals surface area contributed by atoms with E-state index in [1.54, 1.807) is 0 Å². The number of nitrogens with zero attached hydrogens (tertiary/aromatic N) is 3. The molecule has 0 aliphatic rings. The quantitative estimate of drug-likeness (QED) is 0.535. The molecule has 0 radical (unpaired) electrons. The lowest BCUT2D eigenvalue weighted by Gasteiger charge is -2.03. The highest BCUT2D eigenvalue weighted by molar-refractivity contribution is 5.57. The Balaban J connectivity index is 3.44.